The van der Waals surface area contributed by atoms with E-state index in [2.05, 4.69) is 27.7 Å². The van der Waals surface area contributed by atoms with E-state index in [1.54, 1.807) is 23.1 Å². The van der Waals surface area contributed by atoms with Crippen LogP contribution in [0.2, 0.25) is 10.0 Å². The number of carbonyl (C=O) groups is 2. The first-order valence-electron chi connectivity index (χ1n) is 10.2. The van der Waals surface area contributed by atoms with E-state index in [9.17, 15) is 9.59 Å². The number of amidine groups is 1. The molecule has 3 aliphatic rings. The number of halogens is 2. The number of hydrogen-bond acceptors (Lipinski definition) is 5. The first kappa shape index (κ1) is 20.3. The number of hydrazone groups is 1. The van der Waals surface area contributed by atoms with E-state index < -0.39 is 6.17 Å². The standard InChI is InChI=1S/C20H25Cl2N5O2/c1-2-5-17-24-25-19-20(29)26(15-6-3-4-7-16(15)27(17)19)11-18(28)23-14-10-12(21)8-9-13(14)22/h8-10,15-16,19,25H,2-7,11H2,1H3,(H,23,28). The Morgan fingerprint density at radius 1 is 1.28 bits per heavy atom. The molecule has 1 aromatic rings. The number of anilines is 1. The Kier molecular flexibility index (Phi) is 5.88. The first-order chi connectivity index (χ1) is 14.0. The monoisotopic (exact) mass is 437 g/mol. The van der Waals surface area contributed by atoms with Gasteiger partial charge in [0.25, 0.3) is 5.91 Å². The van der Waals surface area contributed by atoms with Gasteiger partial charge < -0.3 is 15.1 Å². The second kappa shape index (κ2) is 8.40. The summed E-state index contributed by atoms with van der Waals surface area (Å²) in [6, 6.07) is 5.10. The molecule has 9 heteroatoms. The minimum atomic E-state index is -0.515. The van der Waals surface area contributed by atoms with Gasteiger partial charge in [-0.25, -0.2) is 0 Å². The molecule has 1 aliphatic carbocycles. The lowest BCUT2D eigenvalue weighted by Gasteiger charge is -2.51. The first-order valence-corrected chi connectivity index (χ1v) is 10.9. The van der Waals surface area contributed by atoms with Crippen LogP contribution in [0.25, 0.3) is 0 Å². The van der Waals surface area contributed by atoms with Crippen LogP contribution in [0.15, 0.2) is 23.3 Å². The molecule has 1 aromatic carbocycles. The zero-order valence-electron chi connectivity index (χ0n) is 16.3. The van der Waals surface area contributed by atoms with Crippen LogP contribution in [0, 0.1) is 0 Å². The molecule has 2 amide bonds. The quantitative estimate of drug-likeness (QED) is 0.739. The number of rotatable bonds is 5. The number of carbonyl (C=O) groups excluding carboxylic acids is 2. The molecule has 1 saturated carbocycles. The summed E-state index contributed by atoms with van der Waals surface area (Å²) in [5.74, 6) is 0.570. The van der Waals surface area contributed by atoms with Crippen molar-refractivity contribution in [2.45, 2.75) is 63.7 Å². The molecule has 3 atom stereocenters. The van der Waals surface area contributed by atoms with E-state index in [1.165, 1.54) is 0 Å². The van der Waals surface area contributed by atoms with Gasteiger partial charge in [0.05, 0.1) is 22.8 Å². The van der Waals surface area contributed by atoms with Crippen molar-refractivity contribution in [1.82, 2.24) is 15.2 Å². The summed E-state index contributed by atoms with van der Waals surface area (Å²) in [5, 5.41) is 8.11. The number of nitrogens with zero attached hydrogens (tertiary/aromatic N) is 3. The molecular weight excluding hydrogens is 413 g/mol. The van der Waals surface area contributed by atoms with E-state index in [0.29, 0.717) is 15.7 Å². The number of fused-ring (bicyclic) bond motifs is 3. The van der Waals surface area contributed by atoms with Crippen LogP contribution in [-0.2, 0) is 9.59 Å². The van der Waals surface area contributed by atoms with Gasteiger partial charge in [-0.05, 0) is 37.5 Å². The summed E-state index contributed by atoms with van der Waals surface area (Å²) < 4.78 is 0. The molecule has 2 fully saturated rings. The Hall–Kier alpha value is -1.99. The number of hydrogen-bond donors (Lipinski definition) is 2. The van der Waals surface area contributed by atoms with Crippen LogP contribution >= 0.6 is 23.2 Å². The summed E-state index contributed by atoms with van der Waals surface area (Å²) in [4.78, 5) is 29.9. The Labute approximate surface area is 180 Å². The normalized spacial score (nSPS) is 25.8. The van der Waals surface area contributed by atoms with E-state index in [1.807, 2.05) is 0 Å². The van der Waals surface area contributed by atoms with Gasteiger partial charge in [-0.3, -0.25) is 15.0 Å². The summed E-state index contributed by atoms with van der Waals surface area (Å²) in [5.41, 5.74) is 3.45. The molecule has 1 saturated heterocycles. The average molecular weight is 438 g/mol. The van der Waals surface area contributed by atoms with Crippen molar-refractivity contribution in [3.8, 4) is 0 Å². The van der Waals surface area contributed by atoms with Gasteiger partial charge >= 0.3 is 0 Å². The van der Waals surface area contributed by atoms with Crippen molar-refractivity contribution in [2.75, 3.05) is 11.9 Å². The molecule has 2 aliphatic heterocycles. The average Bonchev–Trinajstić information content (AvgIpc) is 3.12. The highest BCUT2D eigenvalue weighted by Crippen LogP contribution is 2.35. The fraction of sp³-hybridized carbons (Fsp3) is 0.550. The maximum Gasteiger partial charge on any atom is 0.268 e. The lowest BCUT2D eigenvalue weighted by molar-refractivity contribution is -0.151. The predicted octanol–water partition coefficient (Wildman–Crippen LogP) is 3.43. The number of amides is 2. The van der Waals surface area contributed by atoms with Crippen LogP contribution < -0.4 is 10.7 Å². The lowest BCUT2D eigenvalue weighted by Crippen LogP contribution is -2.69. The highest BCUT2D eigenvalue weighted by atomic mass is 35.5. The van der Waals surface area contributed by atoms with E-state index in [-0.39, 0.29) is 30.4 Å². The fourth-order valence-electron chi connectivity index (χ4n) is 4.60. The Balaban J connectivity index is 1.52. The summed E-state index contributed by atoms with van der Waals surface area (Å²) in [6.45, 7) is 2.09. The number of benzene rings is 1. The molecule has 7 nitrogen and oxygen atoms in total. The van der Waals surface area contributed by atoms with E-state index in [4.69, 9.17) is 23.2 Å². The Bertz CT molecular complexity index is 846. The lowest BCUT2D eigenvalue weighted by atomic mass is 9.85. The topological polar surface area (TPSA) is 77.0 Å². The third-order valence-electron chi connectivity index (χ3n) is 5.85. The van der Waals surface area contributed by atoms with E-state index in [0.717, 1.165) is 44.4 Å². The second-order valence-corrected chi connectivity index (χ2v) is 8.62. The van der Waals surface area contributed by atoms with Crippen molar-refractivity contribution in [1.29, 1.82) is 0 Å². The van der Waals surface area contributed by atoms with Gasteiger partial charge in [0.1, 0.15) is 12.4 Å². The SMILES string of the molecule is CCCC1=NNC2C(=O)N(CC(=O)Nc3cc(Cl)ccc3Cl)C3CCCCC3N12. The van der Waals surface area contributed by atoms with Crippen LogP contribution in [-0.4, -0.2) is 52.2 Å². The van der Waals surface area contributed by atoms with Crippen LogP contribution in [0.3, 0.4) is 0 Å². The minimum absolute atomic E-state index is 0.00930. The van der Waals surface area contributed by atoms with Crippen LogP contribution in [0.5, 0.6) is 0 Å². The van der Waals surface area contributed by atoms with Crippen LogP contribution in [0.1, 0.15) is 45.4 Å². The highest BCUT2D eigenvalue weighted by Gasteiger charge is 2.50. The molecule has 3 unspecified atom stereocenters. The van der Waals surface area contributed by atoms with Gasteiger partial charge in [0.2, 0.25) is 5.91 Å². The molecule has 0 spiro atoms. The highest BCUT2D eigenvalue weighted by molar-refractivity contribution is 6.35. The smallest absolute Gasteiger partial charge is 0.268 e. The van der Waals surface area contributed by atoms with Crippen molar-refractivity contribution in [3.05, 3.63) is 28.2 Å². The second-order valence-electron chi connectivity index (χ2n) is 7.77. The fourth-order valence-corrected chi connectivity index (χ4v) is 4.94. The van der Waals surface area contributed by atoms with Crippen molar-refractivity contribution in [3.63, 3.8) is 0 Å². The van der Waals surface area contributed by atoms with Crippen LogP contribution in [0.4, 0.5) is 5.69 Å². The van der Waals surface area contributed by atoms with Gasteiger partial charge in [0.15, 0.2) is 6.17 Å². The Morgan fingerprint density at radius 3 is 2.79 bits per heavy atom. The zero-order chi connectivity index (χ0) is 20.5. The molecule has 2 heterocycles. The predicted molar refractivity (Wildman–Crippen MR) is 114 cm³/mol. The maximum atomic E-state index is 13.2. The van der Waals surface area contributed by atoms with Crippen molar-refractivity contribution < 1.29 is 9.59 Å². The summed E-state index contributed by atoms with van der Waals surface area (Å²) in [6.07, 6.45) is 5.37. The number of nitrogens with one attached hydrogen (secondary N) is 2. The van der Waals surface area contributed by atoms with Gasteiger partial charge in [-0.1, -0.05) is 43.0 Å². The Morgan fingerprint density at radius 2 is 2.03 bits per heavy atom. The number of piperazine rings is 1. The van der Waals surface area contributed by atoms with Gasteiger partial charge in [-0.2, -0.15) is 5.10 Å². The molecule has 0 aromatic heterocycles. The maximum absolute atomic E-state index is 13.2. The molecule has 4 rings (SSSR count). The minimum Gasteiger partial charge on any atom is -0.325 e. The third-order valence-corrected chi connectivity index (χ3v) is 6.42. The summed E-state index contributed by atoms with van der Waals surface area (Å²) >= 11 is 12.2. The van der Waals surface area contributed by atoms with E-state index >= 15 is 0 Å². The largest absolute Gasteiger partial charge is 0.325 e. The van der Waals surface area contributed by atoms with Crippen molar-refractivity contribution in [2.24, 2.45) is 5.10 Å². The zero-order valence-corrected chi connectivity index (χ0v) is 17.8. The molecular formula is C20H25Cl2N5O2. The molecule has 156 valence electrons. The van der Waals surface area contributed by atoms with Gasteiger partial charge in [-0.15, -0.1) is 0 Å². The molecule has 2 N–H and O–H groups in total. The molecule has 0 radical (unpaired) electrons. The summed E-state index contributed by atoms with van der Waals surface area (Å²) in [7, 11) is 0. The van der Waals surface area contributed by atoms with Gasteiger partial charge in [0, 0.05) is 11.4 Å². The van der Waals surface area contributed by atoms with Crippen molar-refractivity contribution >= 4 is 46.5 Å². The molecule has 0 bridgehead atoms. The third kappa shape index (κ3) is 3.90. The molecule has 29 heavy (non-hydrogen) atoms.